The van der Waals surface area contributed by atoms with Crippen LogP contribution in [0.2, 0.25) is 0 Å². The molecule has 0 aliphatic carbocycles. The highest BCUT2D eigenvalue weighted by Gasteiger charge is 2.23. The molecule has 5 heteroatoms. The van der Waals surface area contributed by atoms with Crippen LogP contribution in [-0.2, 0) is 0 Å². The lowest BCUT2D eigenvalue weighted by Gasteiger charge is -2.23. The van der Waals surface area contributed by atoms with Crippen LogP contribution in [0.3, 0.4) is 0 Å². The van der Waals surface area contributed by atoms with Gasteiger partial charge in [0.1, 0.15) is 5.82 Å². The maximum atomic E-state index is 13.0. The molecule has 2 nitrogen and oxygen atoms in total. The minimum absolute atomic E-state index is 0.270. The molecule has 0 aromatic heterocycles. The van der Waals surface area contributed by atoms with Gasteiger partial charge in [0.25, 0.3) is 0 Å². The van der Waals surface area contributed by atoms with Crippen LogP contribution >= 0.6 is 31.9 Å². The van der Waals surface area contributed by atoms with E-state index in [-0.39, 0.29) is 18.3 Å². The van der Waals surface area contributed by atoms with Crippen molar-refractivity contribution in [2.24, 2.45) is 5.73 Å². The van der Waals surface area contributed by atoms with E-state index in [1.54, 1.807) is 12.1 Å². The molecule has 2 atom stereocenters. The molecule has 0 fully saturated rings. The minimum Gasteiger partial charge on any atom is -0.388 e. The van der Waals surface area contributed by atoms with Gasteiger partial charge in [0.2, 0.25) is 0 Å². The van der Waals surface area contributed by atoms with Crippen molar-refractivity contribution < 1.29 is 9.50 Å². The van der Waals surface area contributed by atoms with Gasteiger partial charge in [-0.15, -0.1) is 0 Å². The lowest BCUT2D eigenvalue weighted by atomic mass is 9.89. The topological polar surface area (TPSA) is 46.2 Å². The number of nitrogens with two attached hydrogens (primary N) is 1. The third-order valence-electron chi connectivity index (χ3n) is 3.21. The molecular formula is C15H14Br2FNO. The summed E-state index contributed by atoms with van der Waals surface area (Å²) in [6.07, 6.45) is -0.766. The summed E-state index contributed by atoms with van der Waals surface area (Å²) in [7, 11) is 0. The first kappa shape index (κ1) is 15.6. The van der Waals surface area contributed by atoms with Gasteiger partial charge in [-0.2, -0.15) is 0 Å². The first-order valence-electron chi connectivity index (χ1n) is 6.11. The number of hydrogen-bond acceptors (Lipinski definition) is 2. The second-order valence-electron chi connectivity index (χ2n) is 4.50. The fraction of sp³-hybridized carbons (Fsp3) is 0.200. The van der Waals surface area contributed by atoms with Crippen molar-refractivity contribution in [2.75, 3.05) is 6.54 Å². The van der Waals surface area contributed by atoms with Crippen LogP contribution in [0.4, 0.5) is 4.39 Å². The molecular weight excluding hydrogens is 389 g/mol. The highest BCUT2D eigenvalue weighted by atomic mass is 79.9. The van der Waals surface area contributed by atoms with Gasteiger partial charge < -0.3 is 10.8 Å². The van der Waals surface area contributed by atoms with E-state index in [9.17, 15) is 9.50 Å². The molecule has 0 aliphatic heterocycles. The first-order chi connectivity index (χ1) is 9.52. The van der Waals surface area contributed by atoms with Crippen LogP contribution in [0.15, 0.2) is 51.4 Å². The number of aliphatic hydroxyl groups excluding tert-OH is 1. The zero-order chi connectivity index (χ0) is 14.7. The van der Waals surface area contributed by atoms with Gasteiger partial charge in [-0.1, -0.05) is 44.0 Å². The van der Waals surface area contributed by atoms with Crippen LogP contribution in [0.5, 0.6) is 0 Å². The Morgan fingerprint density at radius 2 is 1.75 bits per heavy atom. The molecule has 0 saturated heterocycles. The molecule has 20 heavy (non-hydrogen) atoms. The van der Waals surface area contributed by atoms with E-state index in [0.717, 1.165) is 20.1 Å². The van der Waals surface area contributed by atoms with E-state index in [0.29, 0.717) is 0 Å². The summed E-state index contributed by atoms with van der Waals surface area (Å²) in [5, 5.41) is 10.6. The fourth-order valence-corrected chi connectivity index (χ4v) is 2.98. The maximum absolute atomic E-state index is 13.0. The summed E-state index contributed by atoms with van der Waals surface area (Å²) < 4.78 is 14.7. The van der Waals surface area contributed by atoms with E-state index in [4.69, 9.17) is 5.73 Å². The van der Waals surface area contributed by atoms with E-state index < -0.39 is 6.10 Å². The molecule has 0 heterocycles. The number of aliphatic hydroxyl groups is 1. The average molecular weight is 403 g/mol. The fourth-order valence-electron chi connectivity index (χ4n) is 2.12. The Hall–Kier alpha value is -0.750. The van der Waals surface area contributed by atoms with Gasteiger partial charge in [0, 0.05) is 21.4 Å². The van der Waals surface area contributed by atoms with Crippen LogP contribution in [0, 0.1) is 5.82 Å². The van der Waals surface area contributed by atoms with Gasteiger partial charge in [-0.05, 0) is 41.5 Å². The Bertz CT molecular complexity index is 589. The maximum Gasteiger partial charge on any atom is 0.123 e. The van der Waals surface area contributed by atoms with Crippen molar-refractivity contribution in [1.82, 2.24) is 0 Å². The summed E-state index contributed by atoms with van der Waals surface area (Å²) in [5.74, 6) is -0.594. The third kappa shape index (κ3) is 3.47. The molecule has 0 radical (unpaired) electrons. The van der Waals surface area contributed by atoms with E-state index in [1.807, 2.05) is 18.2 Å². The van der Waals surface area contributed by atoms with Crippen LogP contribution in [0.1, 0.15) is 23.1 Å². The van der Waals surface area contributed by atoms with Crippen LogP contribution in [-0.4, -0.2) is 11.7 Å². The van der Waals surface area contributed by atoms with Gasteiger partial charge in [0.05, 0.1) is 6.10 Å². The predicted molar refractivity (Wildman–Crippen MR) is 85.0 cm³/mol. The average Bonchev–Trinajstić information content (AvgIpc) is 2.44. The molecule has 2 rings (SSSR count). The molecule has 3 N–H and O–H groups in total. The van der Waals surface area contributed by atoms with Crippen molar-refractivity contribution in [3.8, 4) is 0 Å². The molecule has 2 aromatic carbocycles. The van der Waals surface area contributed by atoms with Gasteiger partial charge in [-0.3, -0.25) is 0 Å². The highest BCUT2D eigenvalue weighted by Crippen LogP contribution is 2.35. The van der Waals surface area contributed by atoms with E-state index >= 15 is 0 Å². The molecule has 0 spiro atoms. The Balaban J connectivity index is 2.35. The van der Waals surface area contributed by atoms with Gasteiger partial charge in [0.15, 0.2) is 0 Å². The van der Waals surface area contributed by atoms with Gasteiger partial charge >= 0.3 is 0 Å². The van der Waals surface area contributed by atoms with Gasteiger partial charge in [-0.25, -0.2) is 4.39 Å². The lowest BCUT2D eigenvalue weighted by Crippen LogP contribution is -2.20. The number of hydrogen-bond donors (Lipinski definition) is 2. The number of rotatable bonds is 4. The Kier molecular flexibility index (Phi) is 5.32. The standard InChI is InChI=1S/C15H14Br2FNO/c16-10-3-6-14(17)12(7-10)15(20)13(8-19)9-1-4-11(18)5-2-9/h1-7,13,15,20H,8,19H2. The number of halogens is 3. The highest BCUT2D eigenvalue weighted by molar-refractivity contribution is 9.11. The molecule has 2 aromatic rings. The predicted octanol–water partition coefficient (Wildman–Crippen LogP) is 4.13. The quantitative estimate of drug-likeness (QED) is 0.807. The summed E-state index contributed by atoms with van der Waals surface area (Å²) >= 11 is 6.82. The van der Waals surface area contributed by atoms with E-state index in [1.165, 1.54) is 12.1 Å². The normalized spacial score (nSPS) is 14.1. The summed E-state index contributed by atoms with van der Waals surface area (Å²) in [4.78, 5) is 0. The third-order valence-corrected chi connectivity index (χ3v) is 4.43. The monoisotopic (exact) mass is 401 g/mol. The van der Waals surface area contributed by atoms with Crippen LogP contribution in [0.25, 0.3) is 0 Å². The molecule has 106 valence electrons. The zero-order valence-corrected chi connectivity index (χ0v) is 13.7. The summed E-state index contributed by atoms with van der Waals surface area (Å²) in [5.41, 5.74) is 7.35. The Morgan fingerprint density at radius 1 is 1.10 bits per heavy atom. The first-order valence-corrected chi connectivity index (χ1v) is 7.70. The Labute approximate surface area is 134 Å². The minimum atomic E-state index is -0.766. The van der Waals surface area contributed by atoms with E-state index in [2.05, 4.69) is 31.9 Å². The zero-order valence-electron chi connectivity index (χ0n) is 10.6. The second-order valence-corrected chi connectivity index (χ2v) is 6.27. The number of benzene rings is 2. The second kappa shape index (κ2) is 6.80. The largest absolute Gasteiger partial charge is 0.388 e. The summed E-state index contributed by atoms with van der Waals surface area (Å²) in [6.45, 7) is 0.270. The molecule has 0 amide bonds. The van der Waals surface area contributed by atoms with Crippen LogP contribution < -0.4 is 5.73 Å². The Morgan fingerprint density at radius 3 is 2.35 bits per heavy atom. The SMILES string of the molecule is NCC(c1ccc(F)cc1)C(O)c1cc(Br)ccc1Br. The molecule has 0 saturated carbocycles. The lowest BCUT2D eigenvalue weighted by molar-refractivity contribution is 0.146. The van der Waals surface area contributed by atoms with Crippen molar-refractivity contribution in [3.63, 3.8) is 0 Å². The van der Waals surface area contributed by atoms with Crippen molar-refractivity contribution in [1.29, 1.82) is 0 Å². The smallest absolute Gasteiger partial charge is 0.123 e. The molecule has 2 unspecified atom stereocenters. The van der Waals surface area contributed by atoms with Crippen molar-refractivity contribution in [2.45, 2.75) is 12.0 Å². The van der Waals surface area contributed by atoms with Crippen molar-refractivity contribution in [3.05, 3.63) is 68.4 Å². The summed E-state index contributed by atoms with van der Waals surface area (Å²) in [6, 6.07) is 11.7. The molecule has 0 aliphatic rings. The molecule has 0 bridgehead atoms. The van der Waals surface area contributed by atoms with Crippen molar-refractivity contribution >= 4 is 31.9 Å².